The highest BCUT2D eigenvalue weighted by Crippen LogP contribution is 2.28. The molecule has 0 amide bonds. The molecule has 0 saturated carbocycles. The minimum absolute atomic E-state index is 0.116. The van der Waals surface area contributed by atoms with Gasteiger partial charge in [0.15, 0.2) is 0 Å². The van der Waals surface area contributed by atoms with E-state index in [4.69, 9.17) is 0 Å². The number of sulfonamides is 1. The van der Waals surface area contributed by atoms with Crippen molar-refractivity contribution in [2.75, 3.05) is 13.2 Å². The van der Waals surface area contributed by atoms with Crippen LogP contribution in [0.1, 0.15) is 18.4 Å². The maximum absolute atomic E-state index is 12.5. The second-order valence-corrected chi connectivity index (χ2v) is 7.28. The number of nitrogens with zero attached hydrogens (tertiary/aromatic N) is 1. The van der Waals surface area contributed by atoms with E-state index in [0.29, 0.717) is 17.0 Å². The zero-order valence-electron chi connectivity index (χ0n) is 10.1. The van der Waals surface area contributed by atoms with Crippen molar-refractivity contribution in [1.29, 1.82) is 0 Å². The molecule has 1 aromatic carbocycles. The molecule has 1 heterocycles. The lowest BCUT2D eigenvalue weighted by Gasteiger charge is -2.23. The lowest BCUT2D eigenvalue weighted by molar-refractivity contribution is 0.213. The van der Waals surface area contributed by atoms with E-state index in [2.05, 4.69) is 15.9 Å². The molecule has 6 heteroatoms. The van der Waals surface area contributed by atoms with E-state index in [1.54, 1.807) is 25.1 Å². The Morgan fingerprint density at radius 1 is 1.50 bits per heavy atom. The molecule has 0 bridgehead atoms. The number of aliphatic hydroxyl groups is 1. The van der Waals surface area contributed by atoms with E-state index < -0.39 is 10.0 Å². The molecule has 100 valence electrons. The fourth-order valence-corrected chi connectivity index (χ4v) is 4.70. The molecule has 2 rings (SSSR count). The van der Waals surface area contributed by atoms with Gasteiger partial charge >= 0.3 is 0 Å². The summed E-state index contributed by atoms with van der Waals surface area (Å²) in [6.07, 6.45) is 1.53. The van der Waals surface area contributed by atoms with E-state index in [1.807, 2.05) is 0 Å². The number of rotatable bonds is 3. The number of halogens is 1. The van der Waals surface area contributed by atoms with Crippen LogP contribution in [-0.4, -0.2) is 37.0 Å². The van der Waals surface area contributed by atoms with Gasteiger partial charge in [-0.1, -0.05) is 15.9 Å². The molecule has 0 unspecified atom stereocenters. The van der Waals surface area contributed by atoms with Crippen molar-refractivity contribution < 1.29 is 13.5 Å². The summed E-state index contributed by atoms with van der Waals surface area (Å²) in [7, 11) is -3.49. The maximum atomic E-state index is 12.5. The van der Waals surface area contributed by atoms with Crippen LogP contribution in [0.5, 0.6) is 0 Å². The summed E-state index contributed by atoms with van der Waals surface area (Å²) in [6.45, 7) is 2.15. The van der Waals surface area contributed by atoms with Gasteiger partial charge in [0.2, 0.25) is 10.0 Å². The highest BCUT2D eigenvalue weighted by atomic mass is 79.9. The Bertz CT molecular complexity index is 544. The predicted octanol–water partition coefficient (Wildman–Crippen LogP) is 1.90. The Morgan fingerprint density at radius 2 is 2.22 bits per heavy atom. The Hall–Kier alpha value is -0.430. The molecule has 1 N–H and O–H groups in total. The minimum atomic E-state index is -3.49. The van der Waals surface area contributed by atoms with E-state index in [9.17, 15) is 13.5 Å². The van der Waals surface area contributed by atoms with Crippen LogP contribution < -0.4 is 0 Å². The Labute approximate surface area is 116 Å². The molecule has 18 heavy (non-hydrogen) atoms. The minimum Gasteiger partial charge on any atom is -0.395 e. The summed E-state index contributed by atoms with van der Waals surface area (Å²) in [5, 5.41) is 9.25. The summed E-state index contributed by atoms with van der Waals surface area (Å²) in [5.74, 6) is 0. The first-order valence-electron chi connectivity index (χ1n) is 5.85. The third-order valence-corrected chi connectivity index (χ3v) is 5.86. The standard InChI is InChI=1S/C12H16BrNO3S/c1-9-7-10(13)4-5-12(9)18(16,17)14-6-2-3-11(14)8-15/h4-5,7,11,15H,2-3,6,8H2,1H3/t11-/m1/s1. The van der Waals surface area contributed by atoms with E-state index in [-0.39, 0.29) is 12.6 Å². The molecule has 0 spiro atoms. The third-order valence-electron chi connectivity index (χ3n) is 3.26. The van der Waals surface area contributed by atoms with Gasteiger partial charge in [0, 0.05) is 17.1 Å². The molecule has 4 nitrogen and oxygen atoms in total. The number of hydrogen-bond donors (Lipinski definition) is 1. The zero-order valence-corrected chi connectivity index (χ0v) is 12.5. The average Bonchev–Trinajstić information content (AvgIpc) is 2.76. The van der Waals surface area contributed by atoms with Gasteiger partial charge in [-0.25, -0.2) is 8.42 Å². The fourth-order valence-electron chi connectivity index (χ4n) is 2.34. The fraction of sp³-hybridized carbons (Fsp3) is 0.500. The van der Waals surface area contributed by atoms with Gasteiger partial charge in [-0.15, -0.1) is 0 Å². The predicted molar refractivity (Wildman–Crippen MR) is 72.9 cm³/mol. The van der Waals surface area contributed by atoms with Crippen molar-refractivity contribution in [2.45, 2.75) is 30.7 Å². The quantitative estimate of drug-likeness (QED) is 0.919. The van der Waals surface area contributed by atoms with Crippen LogP contribution in [0.15, 0.2) is 27.6 Å². The van der Waals surface area contributed by atoms with Crippen LogP contribution in [0.2, 0.25) is 0 Å². The molecule has 1 fully saturated rings. The van der Waals surface area contributed by atoms with Crippen LogP contribution in [0.25, 0.3) is 0 Å². The molecule has 1 aromatic rings. The third kappa shape index (κ3) is 2.47. The van der Waals surface area contributed by atoms with Crippen LogP contribution in [0.3, 0.4) is 0 Å². The number of benzene rings is 1. The van der Waals surface area contributed by atoms with Crippen LogP contribution in [0, 0.1) is 6.92 Å². The second-order valence-electron chi connectivity index (χ2n) is 4.50. The van der Waals surface area contributed by atoms with Gasteiger partial charge < -0.3 is 5.11 Å². The number of aryl methyl sites for hydroxylation is 1. The SMILES string of the molecule is Cc1cc(Br)ccc1S(=O)(=O)N1CCC[C@@H]1CO. The van der Waals surface area contributed by atoms with Gasteiger partial charge in [0.25, 0.3) is 0 Å². The largest absolute Gasteiger partial charge is 0.395 e. The van der Waals surface area contributed by atoms with Crippen molar-refractivity contribution in [3.8, 4) is 0 Å². The second kappa shape index (κ2) is 5.28. The van der Waals surface area contributed by atoms with Crippen LogP contribution >= 0.6 is 15.9 Å². The molecule has 0 aliphatic carbocycles. The van der Waals surface area contributed by atoms with Crippen LogP contribution in [0.4, 0.5) is 0 Å². The molecule has 1 saturated heterocycles. The summed E-state index contributed by atoms with van der Waals surface area (Å²) >= 11 is 3.32. The highest BCUT2D eigenvalue weighted by Gasteiger charge is 2.35. The number of aliphatic hydroxyl groups excluding tert-OH is 1. The summed E-state index contributed by atoms with van der Waals surface area (Å²) in [5.41, 5.74) is 0.716. The first kappa shape index (κ1) is 14.0. The lowest BCUT2D eigenvalue weighted by atomic mass is 10.2. The van der Waals surface area contributed by atoms with Crippen molar-refractivity contribution >= 4 is 26.0 Å². The monoisotopic (exact) mass is 333 g/mol. The lowest BCUT2D eigenvalue weighted by Crippen LogP contribution is -2.37. The van der Waals surface area contributed by atoms with Gasteiger partial charge in [0.05, 0.1) is 11.5 Å². The molecule has 0 radical (unpaired) electrons. The van der Waals surface area contributed by atoms with Crippen molar-refractivity contribution in [3.63, 3.8) is 0 Å². The van der Waals surface area contributed by atoms with Gasteiger partial charge in [0.1, 0.15) is 0 Å². The topological polar surface area (TPSA) is 57.6 Å². The molecule has 1 atom stereocenters. The van der Waals surface area contributed by atoms with E-state index in [1.165, 1.54) is 4.31 Å². The highest BCUT2D eigenvalue weighted by molar-refractivity contribution is 9.10. The Balaban J connectivity index is 2.42. The smallest absolute Gasteiger partial charge is 0.243 e. The van der Waals surface area contributed by atoms with Crippen molar-refractivity contribution in [3.05, 3.63) is 28.2 Å². The Morgan fingerprint density at radius 3 is 2.83 bits per heavy atom. The maximum Gasteiger partial charge on any atom is 0.243 e. The van der Waals surface area contributed by atoms with E-state index in [0.717, 1.165) is 17.3 Å². The van der Waals surface area contributed by atoms with Crippen molar-refractivity contribution in [2.24, 2.45) is 0 Å². The van der Waals surface area contributed by atoms with Crippen LogP contribution in [-0.2, 0) is 10.0 Å². The van der Waals surface area contributed by atoms with Crippen molar-refractivity contribution in [1.82, 2.24) is 4.31 Å². The van der Waals surface area contributed by atoms with Gasteiger partial charge in [-0.2, -0.15) is 4.31 Å². The van der Waals surface area contributed by atoms with Gasteiger partial charge in [-0.05, 0) is 43.5 Å². The Kier molecular flexibility index (Phi) is 4.11. The molecule has 1 aliphatic heterocycles. The molecular weight excluding hydrogens is 318 g/mol. The average molecular weight is 334 g/mol. The first-order chi connectivity index (χ1) is 8.46. The zero-order chi connectivity index (χ0) is 13.3. The summed E-state index contributed by atoms with van der Waals surface area (Å²) < 4.78 is 27.4. The summed E-state index contributed by atoms with van der Waals surface area (Å²) in [4.78, 5) is 0.325. The molecular formula is C12H16BrNO3S. The summed E-state index contributed by atoms with van der Waals surface area (Å²) in [6, 6.07) is 4.85. The molecule has 1 aliphatic rings. The molecule has 0 aromatic heterocycles. The van der Waals surface area contributed by atoms with E-state index >= 15 is 0 Å². The van der Waals surface area contributed by atoms with Gasteiger partial charge in [-0.3, -0.25) is 0 Å². The normalized spacial score (nSPS) is 21.4. The first-order valence-corrected chi connectivity index (χ1v) is 8.09. The number of hydrogen-bond acceptors (Lipinski definition) is 3.